The number of aromatic nitrogens is 3. The number of nitrogens with one attached hydrogen (secondary N) is 1. The molecule has 2 rings (SSSR count). The zero-order valence-electron chi connectivity index (χ0n) is 11.8. The van der Waals surface area contributed by atoms with Crippen molar-refractivity contribution >= 4 is 17.3 Å². The smallest absolute Gasteiger partial charge is 0.392 e. The topological polar surface area (TPSA) is 80.0 Å². The first-order valence-corrected chi connectivity index (χ1v) is 6.81. The van der Waals surface area contributed by atoms with Crippen LogP contribution in [0, 0.1) is 0 Å². The first-order valence-electron chi connectivity index (χ1n) is 6.43. The van der Waals surface area contributed by atoms with E-state index in [0.29, 0.717) is 6.20 Å². The zero-order chi connectivity index (χ0) is 17.2. The van der Waals surface area contributed by atoms with Gasteiger partial charge in [-0.2, -0.15) is 23.0 Å². The second-order valence-corrected chi connectivity index (χ2v) is 5.10. The highest BCUT2D eigenvalue weighted by atomic mass is 35.5. The highest BCUT2D eigenvalue weighted by molar-refractivity contribution is 6.32. The lowest BCUT2D eigenvalue weighted by Crippen LogP contribution is -2.25. The molecule has 6 nitrogen and oxygen atoms in total. The summed E-state index contributed by atoms with van der Waals surface area (Å²) >= 11 is 5.91. The Bertz CT molecular complexity index is 744. The maximum atomic E-state index is 12.5. The standard InChI is InChI=1S/C13H12ClF3N4O2/c1-7(22)4-18-9-6-20-21(12(23)11(9)14)10-3-2-8(5-19-10)13(15,16)17/h2-3,5-7,18,22H,4H2,1H3/t7-/m0/s1. The molecule has 2 aromatic rings. The summed E-state index contributed by atoms with van der Waals surface area (Å²) in [5.74, 6) is -0.0908. The summed E-state index contributed by atoms with van der Waals surface area (Å²) in [6.45, 7) is 1.70. The number of aliphatic hydroxyl groups is 1. The highest BCUT2D eigenvalue weighted by Gasteiger charge is 2.30. The number of pyridine rings is 1. The molecule has 0 fully saturated rings. The van der Waals surface area contributed by atoms with E-state index in [1.807, 2.05) is 0 Å². The molecule has 2 aromatic heterocycles. The van der Waals surface area contributed by atoms with Gasteiger partial charge in [0.2, 0.25) is 0 Å². The zero-order valence-corrected chi connectivity index (χ0v) is 12.6. The molecule has 0 aliphatic heterocycles. The molecule has 1 atom stereocenters. The molecule has 0 spiro atoms. The fourth-order valence-corrected chi connectivity index (χ4v) is 1.85. The Labute approximate surface area is 133 Å². The van der Waals surface area contributed by atoms with E-state index in [2.05, 4.69) is 15.4 Å². The van der Waals surface area contributed by atoms with Gasteiger partial charge >= 0.3 is 6.18 Å². The Hall–Kier alpha value is -2.13. The largest absolute Gasteiger partial charge is 0.417 e. The van der Waals surface area contributed by atoms with Gasteiger partial charge in [-0.3, -0.25) is 4.79 Å². The molecule has 0 aliphatic rings. The Balaban J connectivity index is 2.34. The van der Waals surface area contributed by atoms with Crippen LogP contribution < -0.4 is 10.9 Å². The molecule has 0 unspecified atom stereocenters. The highest BCUT2D eigenvalue weighted by Crippen LogP contribution is 2.28. The van der Waals surface area contributed by atoms with Crippen molar-refractivity contribution in [3.63, 3.8) is 0 Å². The molecule has 10 heteroatoms. The summed E-state index contributed by atoms with van der Waals surface area (Å²) < 4.78 is 38.3. The number of hydrogen-bond acceptors (Lipinski definition) is 5. The van der Waals surface area contributed by atoms with Crippen LogP contribution in [0.2, 0.25) is 5.02 Å². The quantitative estimate of drug-likeness (QED) is 0.884. The number of anilines is 1. The van der Waals surface area contributed by atoms with Crippen molar-refractivity contribution in [2.75, 3.05) is 11.9 Å². The van der Waals surface area contributed by atoms with Crippen molar-refractivity contribution in [3.05, 3.63) is 45.5 Å². The number of rotatable bonds is 4. The van der Waals surface area contributed by atoms with Crippen molar-refractivity contribution in [1.29, 1.82) is 0 Å². The van der Waals surface area contributed by atoms with Gasteiger partial charge in [0.1, 0.15) is 5.02 Å². The minimum atomic E-state index is -4.52. The Kier molecular flexibility index (Phi) is 4.90. The number of halogens is 4. The summed E-state index contributed by atoms with van der Waals surface area (Å²) in [7, 11) is 0. The molecule has 124 valence electrons. The first kappa shape index (κ1) is 17.2. The number of nitrogens with zero attached hydrogens (tertiary/aromatic N) is 3. The van der Waals surface area contributed by atoms with Crippen molar-refractivity contribution in [1.82, 2.24) is 14.8 Å². The average Bonchev–Trinajstić information content (AvgIpc) is 2.48. The fourth-order valence-electron chi connectivity index (χ4n) is 1.66. The molecule has 2 N–H and O–H groups in total. The minimum Gasteiger partial charge on any atom is -0.392 e. The number of aliphatic hydroxyl groups excluding tert-OH is 1. The van der Waals surface area contributed by atoms with E-state index >= 15 is 0 Å². The summed E-state index contributed by atoms with van der Waals surface area (Å²) in [6.07, 6.45) is -3.34. The summed E-state index contributed by atoms with van der Waals surface area (Å²) in [5.41, 5.74) is -1.47. The van der Waals surface area contributed by atoms with Gasteiger partial charge in [0, 0.05) is 12.7 Å². The second kappa shape index (κ2) is 6.55. The molecule has 2 heterocycles. The van der Waals surface area contributed by atoms with Crippen LogP contribution in [0.3, 0.4) is 0 Å². The van der Waals surface area contributed by atoms with Crippen LogP contribution in [0.25, 0.3) is 5.82 Å². The lowest BCUT2D eigenvalue weighted by atomic mass is 10.3. The molecule has 0 saturated carbocycles. The van der Waals surface area contributed by atoms with Gasteiger partial charge in [-0.1, -0.05) is 11.6 Å². The summed E-state index contributed by atoms with van der Waals surface area (Å²) in [6, 6.07) is 1.82. The van der Waals surface area contributed by atoms with Crippen molar-refractivity contribution in [2.24, 2.45) is 0 Å². The van der Waals surface area contributed by atoms with Crippen LogP contribution >= 0.6 is 11.6 Å². The van der Waals surface area contributed by atoms with E-state index in [4.69, 9.17) is 11.6 Å². The SMILES string of the molecule is C[C@H](O)CNc1cnn(-c2ccc(C(F)(F)F)cn2)c(=O)c1Cl. The third-order valence-electron chi connectivity index (χ3n) is 2.80. The molecular formula is C13H12ClF3N4O2. The molecule has 0 amide bonds. The Morgan fingerprint density at radius 2 is 2.09 bits per heavy atom. The third kappa shape index (κ3) is 3.99. The van der Waals surface area contributed by atoms with Crippen LogP contribution in [-0.4, -0.2) is 32.5 Å². The van der Waals surface area contributed by atoms with E-state index in [9.17, 15) is 23.1 Å². The molecule has 23 heavy (non-hydrogen) atoms. The lowest BCUT2D eigenvalue weighted by molar-refractivity contribution is -0.137. The lowest BCUT2D eigenvalue weighted by Gasteiger charge is -2.11. The second-order valence-electron chi connectivity index (χ2n) is 4.72. The monoisotopic (exact) mass is 348 g/mol. The van der Waals surface area contributed by atoms with E-state index in [0.717, 1.165) is 16.8 Å². The van der Waals surface area contributed by atoms with Crippen LogP contribution in [0.4, 0.5) is 18.9 Å². The maximum absolute atomic E-state index is 12.5. The van der Waals surface area contributed by atoms with Gasteiger partial charge in [-0.25, -0.2) is 4.98 Å². The fraction of sp³-hybridized carbons (Fsp3) is 0.308. The Morgan fingerprint density at radius 3 is 2.61 bits per heavy atom. The van der Waals surface area contributed by atoms with Gasteiger partial charge < -0.3 is 10.4 Å². The van der Waals surface area contributed by atoms with Gasteiger partial charge in [-0.05, 0) is 19.1 Å². The average molecular weight is 349 g/mol. The molecule has 0 saturated heterocycles. The minimum absolute atomic E-state index is 0.0908. The third-order valence-corrected chi connectivity index (χ3v) is 3.16. The van der Waals surface area contributed by atoms with E-state index in [1.165, 1.54) is 6.20 Å². The number of alkyl halides is 3. The summed E-state index contributed by atoms with van der Waals surface area (Å²) in [5, 5.41) is 15.5. The van der Waals surface area contributed by atoms with Gasteiger partial charge in [-0.15, -0.1) is 0 Å². The van der Waals surface area contributed by atoms with E-state index in [1.54, 1.807) is 6.92 Å². The van der Waals surface area contributed by atoms with Crippen molar-refractivity contribution in [3.8, 4) is 5.82 Å². The molecule has 0 aromatic carbocycles. The molecule has 0 aliphatic carbocycles. The van der Waals surface area contributed by atoms with Gasteiger partial charge in [0.15, 0.2) is 5.82 Å². The Morgan fingerprint density at radius 1 is 1.39 bits per heavy atom. The van der Waals surface area contributed by atoms with Crippen LogP contribution in [0.15, 0.2) is 29.3 Å². The van der Waals surface area contributed by atoms with Crippen LogP contribution in [-0.2, 0) is 6.18 Å². The predicted molar refractivity (Wildman–Crippen MR) is 77.8 cm³/mol. The maximum Gasteiger partial charge on any atom is 0.417 e. The predicted octanol–water partition coefficient (Wildman–Crippen LogP) is 2.09. The van der Waals surface area contributed by atoms with E-state index in [-0.39, 0.29) is 23.1 Å². The molecular weight excluding hydrogens is 337 g/mol. The summed E-state index contributed by atoms with van der Waals surface area (Å²) in [4.78, 5) is 15.7. The van der Waals surface area contributed by atoms with Gasteiger partial charge in [0.05, 0.1) is 23.6 Å². The van der Waals surface area contributed by atoms with Crippen molar-refractivity contribution < 1.29 is 18.3 Å². The van der Waals surface area contributed by atoms with Crippen molar-refractivity contribution in [2.45, 2.75) is 19.2 Å². The normalized spacial score (nSPS) is 13.0. The first-order chi connectivity index (χ1) is 10.7. The van der Waals surface area contributed by atoms with Gasteiger partial charge in [0.25, 0.3) is 5.56 Å². The van der Waals surface area contributed by atoms with Crippen LogP contribution in [0.5, 0.6) is 0 Å². The van der Waals surface area contributed by atoms with E-state index < -0.39 is 23.4 Å². The number of hydrogen-bond donors (Lipinski definition) is 2. The molecule has 0 radical (unpaired) electrons. The van der Waals surface area contributed by atoms with Crippen LogP contribution in [0.1, 0.15) is 12.5 Å². The molecule has 0 bridgehead atoms.